The van der Waals surface area contributed by atoms with Crippen LogP contribution in [0.4, 0.5) is 0 Å². The minimum Gasteiger partial charge on any atom is -0.480 e. The lowest BCUT2D eigenvalue weighted by Crippen LogP contribution is -2.55. The van der Waals surface area contributed by atoms with Crippen LogP contribution in [0.25, 0.3) is 0 Å². The summed E-state index contributed by atoms with van der Waals surface area (Å²) >= 11 is 0. The van der Waals surface area contributed by atoms with E-state index in [1.807, 2.05) is 29.2 Å². The Morgan fingerprint density at radius 3 is 3.06 bits per heavy atom. The molecule has 96 valence electrons. The van der Waals surface area contributed by atoms with Gasteiger partial charge in [-0.25, -0.2) is 0 Å². The Morgan fingerprint density at radius 1 is 1.44 bits per heavy atom. The number of hydrogen-bond donors (Lipinski definition) is 1. The molecule has 1 aromatic rings. The van der Waals surface area contributed by atoms with Gasteiger partial charge in [0.15, 0.2) is 6.10 Å². The van der Waals surface area contributed by atoms with Gasteiger partial charge in [-0.2, -0.15) is 0 Å². The average molecular weight is 246 g/mol. The predicted molar refractivity (Wildman–Crippen MR) is 68.6 cm³/mol. The van der Waals surface area contributed by atoms with Crippen molar-refractivity contribution in [3.63, 3.8) is 0 Å². The largest absolute Gasteiger partial charge is 0.480 e. The fraction of sp³-hybridized carbons (Fsp3) is 0.500. The van der Waals surface area contributed by atoms with E-state index in [1.54, 1.807) is 0 Å². The van der Waals surface area contributed by atoms with E-state index in [0.29, 0.717) is 6.42 Å². The van der Waals surface area contributed by atoms with Gasteiger partial charge < -0.3 is 15.0 Å². The molecule has 4 heteroatoms. The van der Waals surface area contributed by atoms with Crippen molar-refractivity contribution in [1.82, 2.24) is 10.2 Å². The molecule has 0 saturated carbocycles. The van der Waals surface area contributed by atoms with Crippen LogP contribution in [0, 0.1) is 0 Å². The summed E-state index contributed by atoms with van der Waals surface area (Å²) in [7, 11) is 0. The SMILES string of the molecule is CC1CNCCN1C(=O)C1Cc2ccccc2O1. The van der Waals surface area contributed by atoms with Crippen molar-refractivity contribution in [1.29, 1.82) is 0 Å². The number of ether oxygens (including phenoxy) is 1. The first-order valence-electron chi connectivity index (χ1n) is 6.51. The van der Waals surface area contributed by atoms with Crippen LogP contribution in [0.3, 0.4) is 0 Å². The molecule has 1 aromatic carbocycles. The highest BCUT2D eigenvalue weighted by molar-refractivity contribution is 5.83. The van der Waals surface area contributed by atoms with Crippen LogP contribution < -0.4 is 10.1 Å². The number of hydrogen-bond acceptors (Lipinski definition) is 3. The minimum atomic E-state index is -0.331. The zero-order chi connectivity index (χ0) is 12.5. The molecule has 1 amide bonds. The molecule has 1 N–H and O–H groups in total. The van der Waals surface area contributed by atoms with Crippen LogP contribution in [-0.4, -0.2) is 42.6 Å². The molecule has 0 radical (unpaired) electrons. The maximum Gasteiger partial charge on any atom is 0.264 e. The van der Waals surface area contributed by atoms with Crippen molar-refractivity contribution in [2.45, 2.75) is 25.5 Å². The predicted octanol–water partition coefficient (Wildman–Crippen LogP) is 0.810. The molecular weight excluding hydrogens is 228 g/mol. The first kappa shape index (κ1) is 11.5. The van der Waals surface area contributed by atoms with Gasteiger partial charge in [0.2, 0.25) is 0 Å². The van der Waals surface area contributed by atoms with Crippen molar-refractivity contribution >= 4 is 5.91 Å². The Bertz CT molecular complexity index is 436. The lowest BCUT2D eigenvalue weighted by molar-refractivity contribution is -0.140. The van der Waals surface area contributed by atoms with E-state index in [-0.39, 0.29) is 18.1 Å². The number of para-hydroxylation sites is 1. The highest BCUT2D eigenvalue weighted by Gasteiger charge is 2.34. The van der Waals surface area contributed by atoms with E-state index in [1.165, 1.54) is 0 Å². The summed E-state index contributed by atoms with van der Waals surface area (Å²) in [6.45, 7) is 4.59. The molecule has 2 aliphatic rings. The molecule has 3 rings (SSSR count). The molecule has 2 aliphatic heterocycles. The van der Waals surface area contributed by atoms with Gasteiger partial charge >= 0.3 is 0 Å². The van der Waals surface area contributed by atoms with Crippen molar-refractivity contribution in [3.8, 4) is 5.75 Å². The second kappa shape index (κ2) is 4.61. The van der Waals surface area contributed by atoms with E-state index < -0.39 is 0 Å². The van der Waals surface area contributed by atoms with Crippen LogP contribution in [0.5, 0.6) is 5.75 Å². The van der Waals surface area contributed by atoms with Crippen LogP contribution in [0.1, 0.15) is 12.5 Å². The first-order chi connectivity index (χ1) is 8.75. The smallest absolute Gasteiger partial charge is 0.264 e. The topological polar surface area (TPSA) is 41.6 Å². The minimum absolute atomic E-state index is 0.125. The number of fused-ring (bicyclic) bond motifs is 1. The van der Waals surface area contributed by atoms with Crippen molar-refractivity contribution < 1.29 is 9.53 Å². The molecule has 0 spiro atoms. The Kier molecular flexibility index (Phi) is 2.96. The van der Waals surface area contributed by atoms with Gasteiger partial charge in [0.25, 0.3) is 5.91 Å². The van der Waals surface area contributed by atoms with Gasteiger partial charge in [-0.1, -0.05) is 18.2 Å². The van der Waals surface area contributed by atoms with Crippen LogP contribution >= 0.6 is 0 Å². The number of rotatable bonds is 1. The quantitative estimate of drug-likeness (QED) is 0.797. The third-order valence-electron chi connectivity index (χ3n) is 3.71. The average Bonchev–Trinajstić information content (AvgIpc) is 2.82. The molecule has 1 saturated heterocycles. The zero-order valence-corrected chi connectivity index (χ0v) is 10.6. The van der Waals surface area contributed by atoms with Crippen molar-refractivity contribution in [2.75, 3.05) is 19.6 Å². The Hall–Kier alpha value is -1.55. The molecule has 1 fully saturated rings. The van der Waals surface area contributed by atoms with Crippen molar-refractivity contribution in [2.24, 2.45) is 0 Å². The second-order valence-electron chi connectivity index (χ2n) is 5.00. The fourth-order valence-electron chi connectivity index (χ4n) is 2.67. The number of nitrogens with zero attached hydrogens (tertiary/aromatic N) is 1. The first-order valence-corrected chi connectivity index (χ1v) is 6.51. The summed E-state index contributed by atoms with van der Waals surface area (Å²) in [5, 5.41) is 3.29. The summed E-state index contributed by atoms with van der Waals surface area (Å²) in [4.78, 5) is 14.4. The van der Waals surface area contributed by atoms with E-state index in [0.717, 1.165) is 30.9 Å². The maximum absolute atomic E-state index is 12.5. The Morgan fingerprint density at radius 2 is 2.28 bits per heavy atom. The standard InChI is InChI=1S/C14H18N2O2/c1-10-9-15-6-7-16(10)14(17)13-8-11-4-2-3-5-12(11)18-13/h2-5,10,13,15H,6-9H2,1H3. The van der Waals surface area contributed by atoms with E-state index in [2.05, 4.69) is 12.2 Å². The second-order valence-corrected chi connectivity index (χ2v) is 5.00. The molecule has 0 aliphatic carbocycles. The molecule has 0 aromatic heterocycles. The van der Waals surface area contributed by atoms with Gasteiger partial charge in [0.05, 0.1) is 0 Å². The van der Waals surface area contributed by atoms with Crippen LogP contribution in [-0.2, 0) is 11.2 Å². The normalized spacial score (nSPS) is 26.6. The molecule has 4 nitrogen and oxygen atoms in total. The van der Waals surface area contributed by atoms with Crippen LogP contribution in [0.15, 0.2) is 24.3 Å². The summed E-state index contributed by atoms with van der Waals surface area (Å²) in [6.07, 6.45) is 0.369. The summed E-state index contributed by atoms with van der Waals surface area (Å²) < 4.78 is 5.76. The molecule has 2 heterocycles. The monoisotopic (exact) mass is 246 g/mol. The number of carbonyl (C=O) groups excluding carboxylic acids is 1. The maximum atomic E-state index is 12.5. The lowest BCUT2D eigenvalue weighted by Gasteiger charge is -2.35. The highest BCUT2D eigenvalue weighted by atomic mass is 16.5. The number of carbonyl (C=O) groups is 1. The van der Waals surface area contributed by atoms with Gasteiger partial charge in [-0.05, 0) is 18.6 Å². The summed E-state index contributed by atoms with van der Waals surface area (Å²) in [5.41, 5.74) is 1.14. The van der Waals surface area contributed by atoms with Crippen LogP contribution in [0.2, 0.25) is 0 Å². The number of benzene rings is 1. The van der Waals surface area contributed by atoms with Gasteiger partial charge in [0, 0.05) is 32.1 Å². The van der Waals surface area contributed by atoms with E-state index >= 15 is 0 Å². The van der Waals surface area contributed by atoms with E-state index in [9.17, 15) is 4.79 Å². The molecule has 18 heavy (non-hydrogen) atoms. The van der Waals surface area contributed by atoms with Gasteiger partial charge in [-0.3, -0.25) is 4.79 Å². The molecular formula is C14H18N2O2. The number of nitrogens with one attached hydrogen (secondary N) is 1. The van der Waals surface area contributed by atoms with Crippen molar-refractivity contribution in [3.05, 3.63) is 29.8 Å². The summed E-state index contributed by atoms with van der Waals surface area (Å²) in [5.74, 6) is 0.985. The number of amides is 1. The highest BCUT2D eigenvalue weighted by Crippen LogP contribution is 2.29. The molecule has 0 bridgehead atoms. The molecule has 2 unspecified atom stereocenters. The molecule has 2 atom stereocenters. The third kappa shape index (κ3) is 1.97. The van der Waals surface area contributed by atoms with Gasteiger partial charge in [0.1, 0.15) is 5.75 Å². The lowest BCUT2D eigenvalue weighted by atomic mass is 10.1. The summed E-state index contributed by atoms with van der Waals surface area (Å²) in [6, 6.07) is 8.15. The fourth-order valence-corrected chi connectivity index (χ4v) is 2.67. The number of piperazine rings is 1. The zero-order valence-electron chi connectivity index (χ0n) is 10.6. The Balaban J connectivity index is 1.72. The van der Waals surface area contributed by atoms with Gasteiger partial charge in [-0.15, -0.1) is 0 Å². The Labute approximate surface area is 107 Å². The van der Waals surface area contributed by atoms with E-state index in [4.69, 9.17) is 4.74 Å². The third-order valence-corrected chi connectivity index (χ3v) is 3.71.